The van der Waals surface area contributed by atoms with E-state index in [1.165, 1.54) is 6.08 Å². The molecule has 0 atom stereocenters. The highest BCUT2D eigenvalue weighted by Gasteiger charge is 2.23. The number of fused-ring (bicyclic) bond motifs is 1. The van der Waals surface area contributed by atoms with Crippen LogP contribution in [0.4, 0.5) is 16.2 Å². The molecule has 7 heteroatoms. The summed E-state index contributed by atoms with van der Waals surface area (Å²) in [5, 5.41) is 18.4. The summed E-state index contributed by atoms with van der Waals surface area (Å²) in [4.78, 5) is 24.1. The molecular weight excluding hydrogens is 390 g/mol. The first-order chi connectivity index (χ1) is 15.1. The third-order valence-corrected chi connectivity index (χ3v) is 5.02. The van der Waals surface area contributed by atoms with Gasteiger partial charge in [-0.2, -0.15) is 5.26 Å². The molecule has 1 aromatic heterocycles. The molecule has 1 heterocycles. The van der Waals surface area contributed by atoms with Gasteiger partial charge in [0.2, 0.25) is 5.91 Å². The van der Waals surface area contributed by atoms with Gasteiger partial charge in [0, 0.05) is 52.7 Å². The maximum absolute atomic E-state index is 12.4. The van der Waals surface area contributed by atoms with Gasteiger partial charge in [0.15, 0.2) is 0 Å². The van der Waals surface area contributed by atoms with Gasteiger partial charge in [0.1, 0.15) is 0 Å². The van der Waals surface area contributed by atoms with Crippen molar-refractivity contribution in [3.8, 4) is 6.07 Å². The number of carbonyl (C=O) groups is 2. The molecule has 1 saturated carbocycles. The average Bonchev–Trinajstić information content (AvgIpc) is 3.51. The number of hydrogen-bond donors (Lipinski definition) is 3. The monoisotopic (exact) mass is 413 g/mol. The fourth-order valence-corrected chi connectivity index (χ4v) is 3.33. The molecule has 31 heavy (non-hydrogen) atoms. The molecule has 3 N–H and O–H groups in total. The Labute approximate surface area is 180 Å². The minimum atomic E-state index is -0.249. The highest BCUT2D eigenvalue weighted by atomic mass is 16.2. The molecule has 3 aromatic rings. The van der Waals surface area contributed by atoms with Crippen LogP contribution in [0.1, 0.15) is 24.8 Å². The smallest absolute Gasteiger partial charge is 0.319 e. The number of rotatable bonds is 7. The highest BCUT2D eigenvalue weighted by Crippen LogP contribution is 2.23. The Balaban J connectivity index is 1.38. The van der Waals surface area contributed by atoms with Crippen LogP contribution >= 0.6 is 0 Å². The van der Waals surface area contributed by atoms with Crippen molar-refractivity contribution in [3.05, 3.63) is 66.4 Å². The molecule has 3 amide bonds. The van der Waals surface area contributed by atoms with Crippen molar-refractivity contribution in [1.82, 2.24) is 9.88 Å². The van der Waals surface area contributed by atoms with Crippen LogP contribution in [0.25, 0.3) is 17.0 Å². The highest BCUT2D eigenvalue weighted by molar-refractivity contribution is 6.03. The van der Waals surface area contributed by atoms with Gasteiger partial charge in [-0.25, -0.2) is 4.79 Å². The van der Waals surface area contributed by atoms with E-state index < -0.39 is 0 Å². The average molecular weight is 413 g/mol. The number of nitrogens with zero attached hydrogens (tertiary/aromatic N) is 2. The predicted molar refractivity (Wildman–Crippen MR) is 121 cm³/mol. The number of urea groups is 1. The first kappa shape index (κ1) is 20.2. The van der Waals surface area contributed by atoms with Crippen molar-refractivity contribution < 1.29 is 9.59 Å². The van der Waals surface area contributed by atoms with E-state index in [-0.39, 0.29) is 11.9 Å². The van der Waals surface area contributed by atoms with Crippen LogP contribution in [-0.2, 0) is 11.3 Å². The fourth-order valence-electron chi connectivity index (χ4n) is 3.33. The molecule has 7 nitrogen and oxygen atoms in total. The summed E-state index contributed by atoms with van der Waals surface area (Å²) in [5.41, 5.74) is 3.26. The Kier molecular flexibility index (Phi) is 5.99. The number of benzene rings is 2. The van der Waals surface area contributed by atoms with Gasteiger partial charge in [-0.1, -0.05) is 18.2 Å². The fraction of sp³-hybridized carbons (Fsp3) is 0.208. The number of nitrogens with one attached hydrogen (secondary N) is 3. The van der Waals surface area contributed by atoms with Crippen LogP contribution in [0.15, 0.2) is 60.8 Å². The predicted octanol–water partition coefficient (Wildman–Crippen LogP) is 4.49. The molecule has 0 bridgehead atoms. The summed E-state index contributed by atoms with van der Waals surface area (Å²) in [5.74, 6) is -0.249. The third-order valence-electron chi connectivity index (χ3n) is 5.02. The summed E-state index contributed by atoms with van der Waals surface area (Å²) in [6.45, 7) is 0.607. The summed E-state index contributed by atoms with van der Waals surface area (Å²) < 4.78 is 2.03. The number of anilines is 2. The van der Waals surface area contributed by atoms with E-state index in [1.54, 1.807) is 30.3 Å². The van der Waals surface area contributed by atoms with Gasteiger partial charge in [-0.3, -0.25) is 4.79 Å². The molecule has 0 radical (unpaired) electrons. The van der Waals surface area contributed by atoms with Crippen molar-refractivity contribution in [3.63, 3.8) is 0 Å². The van der Waals surface area contributed by atoms with Crippen molar-refractivity contribution in [2.45, 2.75) is 31.8 Å². The second-order valence-electron chi connectivity index (χ2n) is 7.48. The van der Waals surface area contributed by atoms with E-state index in [2.05, 4.69) is 22.0 Å². The lowest BCUT2D eigenvalue weighted by atomic mass is 10.1. The second kappa shape index (κ2) is 9.18. The lowest BCUT2D eigenvalue weighted by Gasteiger charge is -2.07. The molecule has 0 saturated heterocycles. The van der Waals surface area contributed by atoms with E-state index in [9.17, 15) is 9.59 Å². The first-order valence-corrected chi connectivity index (χ1v) is 10.2. The summed E-state index contributed by atoms with van der Waals surface area (Å²) in [6.07, 6.45) is 7.72. The van der Waals surface area contributed by atoms with Crippen molar-refractivity contribution in [1.29, 1.82) is 5.26 Å². The van der Waals surface area contributed by atoms with Crippen molar-refractivity contribution in [2.24, 2.45) is 0 Å². The molecule has 1 aliphatic rings. The Morgan fingerprint density at radius 2 is 1.77 bits per heavy atom. The van der Waals surface area contributed by atoms with Crippen LogP contribution in [0.5, 0.6) is 0 Å². The molecule has 1 aliphatic carbocycles. The van der Waals surface area contributed by atoms with Crippen molar-refractivity contribution >= 4 is 40.3 Å². The summed E-state index contributed by atoms with van der Waals surface area (Å²) in [7, 11) is 0. The van der Waals surface area contributed by atoms with E-state index >= 15 is 0 Å². The quantitative estimate of drug-likeness (QED) is 0.498. The zero-order chi connectivity index (χ0) is 21.6. The van der Waals surface area contributed by atoms with Crippen LogP contribution in [0.2, 0.25) is 0 Å². The summed E-state index contributed by atoms with van der Waals surface area (Å²) >= 11 is 0. The first-order valence-electron chi connectivity index (χ1n) is 10.2. The molecule has 2 aromatic carbocycles. The lowest BCUT2D eigenvalue weighted by molar-refractivity contribution is -0.111. The standard InChI is InChI=1S/C24H23N5O2/c25-14-3-15-29-16-17(21-4-1-2-5-22(21)29)6-13-23(30)26-18-7-9-19(10-8-18)27-24(31)28-20-11-12-20/h1-2,4-10,13,16,20H,3,11-12,15H2,(H,26,30)(H2,27,28,31)/b13-6+. The van der Waals surface area contributed by atoms with Crippen LogP contribution in [-0.4, -0.2) is 22.5 Å². The normalized spacial score (nSPS) is 13.1. The number of hydrogen-bond acceptors (Lipinski definition) is 3. The van der Waals surface area contributed by atoms with Gasteiger partial charge in [-0.05, 0) is 49.2 Å². The van der Waals surface area contributed by atoms with E-state index in [0.29, 0.717) is 30.4 Å². The van der Waals surface area contributed by atoms with Gasteiger partial charge in [0.25, 0.3) is 0 Å². The zero-order valence-electron chi connectivity index (χ0n) is 17.0. The van der Waals surface area contributed by atoms with Crippen LogP contribution < -0.4 is 16.0 Å². The largest absolute Gasteiger partial charge is 0.346 e. The molecular formula is C24H23N5O2. The van der Waals surface area contributed by atoms with E-state index in [0.717, 1.165) is 29.3 Å². The van der Waals surface area contributed by atoms with Crippen molar-refractivity contribution in [2.75, 3.05) is 10.6 Å². The number of amides is 3. The Hall–Kier alpha value is -4.05. The number of para-hydroxylation sites is 1. The Morgan fingerprint density at radius 1 is 1.06 bits per heavy atom. The minimum absolute atomic E-state index is 0.212. The lowest BCUT2D eigenvalue weighted by Crippen LogP contribution is -2.30. The maximum atomic E-state index is 12.4. The van der Waals surface area contributed by atoms with Gasteiger partial charge in [-0.15, -0.1) is 0 Å². The van der Waals surface area contributed by atoms with Crippen LogP contribution in [0, 0.1) is 11.3 Å². The van der Waals surface area contributed by atoms with E-state index in [4.69, 9.17) is 5.26 Å². The third kappa shape index (κ3) is 5.31. The molecule has 0 spiro atoms. The molecule has 0 unspecified atom stereocenters. The number of aromatic nitrogens is 1. The molecule has 156 valence electrons. The maximum Gasteiger partial charge on any atom is 0.319 e. The van der Waals surface area contributed by atoms with E-state index in [1.807, 2.05) is 35.0 Å². The zero-order valence-corrected chi connectivity index (χ0v) is 17.0. The Morgan fingerprint density at radius 3 is 2.48 bits per heavy atom. The number of nitriles is 1. The minimum Gasteiger partial charge on any atom is -0.346 e. The van der Waals surface area contributed by atoms with Crippen LogP contribution in [0.3, 0.4) is 0 Å². The molecule has 4 rings (SSSR count). The Bertz CT molecular complexity index is 1170. The second-order valence-corrected chi connectivity index (χ2v) is 7.48. The molecule has 0 aliphatic heterocycles. The SMILES string of the molecule is N#CCCn1cc(/C=C/C(=O)Nc2ccc(NC(=O)NC3CC3)cc2)c2ccccc21. The number of carbonyl (C=O) groups excluding carboxylic acids is 2. The molecule has 1 fully saturated rings. The van der Waals surface area contributed by atoms with Gasteiger partial charge >= 0.3 is 6.03 Å². The topological polar surface area (TPSA) is 98.9 Å². The summed E-state index contributed by atoms with van der Waals surface area (Å²) in [6, 6.07) is 17.1. The van der Waals surface area contributed by atoms with Gasteiger partial charge < -0.3 is 20.5 Å². The number of aryl methyl sites for hydroxylation is 1. The van der Waals surface area contributed by atoms with Gasteiger partial charge in [0.05, 0.1) is 12.5 Å².